The molecule has 0 bridgehead atoms. The summed E-state index contributed by atoms with van der Waals surface area (Å²) in [6, 6.07) is 51.0. The van der Waals surface area contributed by atoms with Crippen LogP contribution in [0.25, 0.3) is 77.3 Å². The molecule has 0 amide bonds. The van der Waals surface area contributed by atoms with Gasteiger partial charge in [0, 0.05) is 11.1 Å². The topological polar surface area (TPSA) is 38.7 Å². The van der Waals surface area contributed by atoms with Crippen molar-refractivity contribution < 1.29 is 0 Å². The summed E-state index contributed by atoms with van der Waals surface area (Å²) in [6.45, 7) is 0. The van der Waals surface area contributed by atoms with E-state index in [1.165, 1.54) is 33.0 Å². The van der Waals surface area contributed by atoms with E-state index in [2.05, 4.69) is 143 Å². The van der Waals surface area contributed by atoms with Gasteiger partial charge in [0.15, 0.2) is 11.6 Å². The molecule has 7 aromatic carbocycles. The summed E-state index contributed by atoms with van der Waals surface area (Å²) < 4.78 is 0. The first-order valence-corrected chi connectivity index (χ1v) is 14.6. The SMILES string of the molecule is Clc1nc(-c2ccc3cc(-c4ccccc4)ccc3c2)nc(-c2ccc3cc(-c4cccc5ccccc45)ccc3c2)n1. The first kappa shape index (κ1) is 25.3. The number of rotatable bonds is 4. The Morgan fingerprint density at radius 2 is 0.860 bits per heavy atom. The molecule has 0 saturated heterocycles. The van der Waals surface area contributed by atoms with Crippen LogP contribution in [-0.4, -0.2) is 15.0 Å². The van der Waals surface area contributed by atoms with Crippen LogP contribution < -0.4 is 0 Å². The summed E-state index contributed by atoms with van der Waals surface area (Å²) >= 11 is 6.45. The van der Waals surface area contributed by atoms with E-state index in [-0.39, 0.29) is 5.28 Å². The van der Waals surface area contributed by atoms with Crippen molar-refractivity contribution in [2.45, 2.75) is 0 Å². The van der Waals surface area contributed by atoms with Crippen LogP contribution in [0.15, 0.2) is 146 Å². The van der Waals surface area contributed by atoms with Gasteiger partial charge in [-0.3, -0.25) is 0 Å². The van der Waals surface area contributed by atoms with Gasteiger partial charge in [-0.05, 0) is 90.4 Å². The first-order valence-electron chi connectivity index (χ1n) is 14.2. The predicted octanol–water partition coefficient (Wildman–Crippen LogP) is 10.7. The van der Waals surface area contributed by atoms with Gasteiger partial charge in [-0.15, -0.1) is 0 Å². The molecule has 0 spiro atoms. The van der Waals surface area contributed by atoms with E-state index < -0.39 is 0 Å². The van der Waals surface area contributed by atoms with Crippen LogP contribution in [0.4, 0.5) is 0 Å². The summed E-state index contributed by atoms with van der Waals surface area (Å²) in [5.74, 6) is 1.10. The molecule has 4 heteroatoms. The molecule has 0 aliphatic heterocycles. The van der Waals surface area contributed by atoms with E-state index in [1.807, 2.05) is 12.1 Å². The Morgan fingerprint density at radius 1 is 0.349 bits per heavy atom. The number of benzene rings is 7. The highest BCUT2D eigenvalue weighted by atomic mass is 35.5. The Labute approximate surface area is 254 Å². The van der Waals surface area contributed by atoms with Crippen LogP contribution in [0.3, 0.4) is 0 Å². The van der Waals surface area contributed by atoms with Gasteiger partial charge in [-0.2, -0.15) is 9.97 Å². The molecule has 8 rings (SSSR count). The maximum absolute atomic E-state index is 6.45. The van der Waals surface area contributed by atoms with Crippen LogP contribution in [0.2, 0.25) is 5.28 Å². The second-order valence-corrected chi connectivity index (χ2v) is 11.0. The van der Waals surface area contributed by atoms with Gasteiger partial charge in [-0.25, -0.2) is 4.98 Å². The lowest BCUT2D eigenvalue weighted by Gasteiger charge is -2.10. The quantitative estimate of drug-likeness (QED) is 0.211. The first-order chi connectivity index (χ1) is 21.2. The van der Waals surface area contributed by atoms with Gasteiger partial charge >= 0.3 is 0 Å². The van der Waals surface area contributed by atoms with E-state index >= 15 is 0 Å². The highest BCUT2D eigenvalue weighted by Gasteiger charge is 2.12. The van der Waals surface area contributed by atoms with E-state index in [4.69, 9.17) is 16.6 Å². The lowest BCUT2D eigenvalue weighted by molar-refractivity contribution is 1.07. The fourth-order valence-electron chi connectivity index (χ4n) is 5.83. The normalized spacial score (nSPS) is 11.4. The minimum Gasteiger partial charge on any atom is -0.208 e. The van der Waals surface area contributed by atoms with E-state index in [0.717, 1.165) is 32.7 Å². The molecule has 0 atom stereocenters. The molecule has 3 nitrogen and oxygen atoms in total. The summed E-state index contributed by atoms with van der Waals surface area (Å²) in [7, 11) is 0. The lowest BCUT2D eigenvalue weighted by Crippen LogP contribution is -1.97. The average molecular weight is 570 g/mol. The average Bonchev–Trinajstić information content (AvgIpc) is 3.07. The zero-order valence-corrected chi connectivity index (χ0v) is 23.8. The van der Waals surface area contributed by atoms with Crippen molar-refractivity contribution >= 4 is 43.9 Å². The Balaban J connectivity index is 1.14. The lowest BCUT2D eigenvalue weighted by atomic mass is 9.96. The van der Waals surface area contributed by atoms with Gasteiger partial charge in [0.05, 0.1) is 0 Å². The van der Waals surface area contributed by atoms with Gasteiger partial charge in [0.25, 0.3) is 0 Å². The fraction of sp³-hybridized carbons (Fsp3) is 0. The molecular formula is C39H24ClN3. The molecule has 0 fully saturated rings. The van der Waals surface area contributed by atoms with Crippen LogP contribution in [0.5, 0.6) is 0 Å². The van der Waals surface area contributed by atoms with Crippen molar-refractivity contribution in [1.29, 1.82) is 0 Å². The number of aromatic nitrogens is 3. The molecular weight excluding hydrogens is 546 g/mol. The van der Waals surface area contributed by atoms with E-state index in [0.29, 0.717) is 11.6 Å². The number of nitrogens with zero attached hydrogens (tertiary/aromatic N) is 3. The van der Waals surface area contributed by atoms with Gasteiger partial charge in [-0.1, -0.05) is 121 Å². The number of hydrogen-bond donors (Lipinski definition) is 0. The third kappa shape index (κ3) is 4.80. The Hall–Kier alpha value is -5.38. The van der Waals surface area contributed by atoms with Crippen molar-refractivity contribution in [3.63, 3.8) is 0 Å². The smallest absolute Gasteiger partial charge is 0.208 e. The predicted molar refractivity (Wildman–Crippen MR) is 179 cm³/mol. The molecule has 1 heterocycles. The van der Waals surface area contributed by atoms with E-state index in [1.54, 1.807) is 0 Å². The second kappa shape index (κ2) is 10.5. The Morgan fingerprint density at radius 3 is 1.53 bits per heavy atom. The summed E-state index contributed by atoms with van der Waals surface area (Å²) in [5.41, 5.74) is 6.59. The zero-order chi connectivity index (χ0) is 28.8. The third-order valence-corrected chi connectivity index (χ3v) is 8.18. The molecule has 0 aliphatic carbocycles. The van der Waals surface area contributed by atoms with Crippen molar-refractivity contribution in [1.82, 2.24) is 15.0 Å². The monoisotopic (exact) mass is 569 g/mol. The van der Waals surface area contributed by atoms with Crippen molar-refractivity contribution in [3.05, 3.63) is 151 Å². The van der Waals surface area contributed by atoms with Gasteiger partial charge in [0.1, 0.15) is 0 Å². The number of halogens is 1. The molecule has 43 heavy (non-hydrogen) atoms. The standard InChI is InChI=1S/C39H24ClN3/c40-39-42-37(33-19-16-28-21-27(13-14-30(28)23-33)25-7-2-1-3-8-25)41-38(43-39)34-20-17-29-22-32(18-15-31(29)24-34)36-12-6-10-26-9-4-5-11-35(26)36/h1-24H. The molecule has 0 aliphatic rings. The summed E-state index contributed by atoms with van der Waals surface area (Å²) in [4.78, 5) is 13.8. The highest BCUT2D eigenvalue weighted by molar-refractivity contribution is 6.28. The van der Waals surface area contributed by atoms with E-state index in [9.17, 15) is 0 Å². The van der Waals surface area contributed by atoms with Crippen LogP contribution >= 0.6 is 11.6 Å². The largest absolute Gasteiger partial charge is 0.226 e. The molecule has 0 N–H and O–H groups in total. The number of fused-ring (bicyclic) bond motifs is 3. The molecule has 8 aromatic rings. The molecule has 0 saturated carbocycles. The maximum Gasteiger partial charge on any atom is 0.226 e. The zero-order valence-electron chi connectivity index (χ0n) is 23.1. The van der Waals surface area contributed by atoms with Crippen LogP contribution in [0.1, 0.15) is 0 Å². The highest BCUT2D eigenvalue weighted by Crippen LogP contribution is 2.33. The van der Waals surface area contributed by atoms with Crippen LogP contribution in [0, 0.1) is 0 Å². The van der Waals surface area contributed by atoms with Crippen molar-refractivity contribution in [2.75, 3.05) is 0 Å². The molecule has 202 valence electrons. The molecule has 0 radical (unpaired) electrons. The maximum atomic E-state index is 6.45. The molecule has 1 aromatic heterocycles. The van der Waals surface area contributed by atoms with Gasteiger partial charge in [0.2, 0.25) is 5.28 Å². The minimum absolute atomic E-state index is 0.172. The van der Waals surface area contributed by atoms with Crippen molar-refractivity contribution in [3.8, 4) is 45.0 Å². The third-order valence-electron chi connectivity index (χ3n) is 8.01. The second-order valence-electron chi connectivity index (χ2n) is 10.7. The summed E-state index contributed by atoms with van der Waals surface area (Å²) in [5, 5.41) is 7.19. The van der Waals surface area contributed by atoms with Gasteiger partial charge < -0.3 is 0 Å². The fourth-order valence-corrected chi connectivity index (χ4v) is 5.99. The number of hydrogen-bond acceptors (Lipinski definition) is 3. The Bertz CT molecular complexity index is 2310. The van der Waals surface area contributed by atoms with Crippen molar-refractivity contribution in [2.24, 2.45) is 0 Å². The minimum atomic E-state index is 0.172. The Kier molecular flexibility index (Phi) is 6.17. The van der Waals surface area contributed by atoms with Crippen LogP contribution in [-0.2, 0) is 0 Å². The molecule has 0 unspecified atom stereocenters. The summed E-state index contributed by atoms with van der Waals surface area (Å²) in [6.07, 6.45) is 0.